The SMILES string of the molecule is Cc1ccc(NC(=O)c2cccc(C(F)(F)F)c2)cc1NC(=O)c1cncs1. The molecule has 0 spiro atoms. The van der Waals surface area contributed by atoms with Crippen LogP contribution in [0, 0.1) is 6.92 Å². The van der Waals surface area contributed by atoms with Crippen molar-refractivity contribution in [1.82, 2.24) is 4.98 Å². The van der Waals surface area contributed by atoms with Crippen molar-refractivity contribution in [2.45, 2.75) is 13.1 Å². The topological polar surface area (TPSA) is 71.1 Å². The Bertz CT molecular complexity index is 1020. The van der Waals surface area contributed by atoms with Gasteiger partial charge in [-0.05, 0) is 42.8 Å². The number of anilines is 2. The van der Waals surface area contributed by atoms with Gasteiger partial charge in [0.2, 0.25) is 0 Å². The van der Waals surface area contributed by atoms with Crippen molar-refractivity contribution in [3.05, 3.63) is 75.7 Å². The average Bonchev–Trinajstić information content (AvgIpc) is 3.19. The van der Waals surface area contributed by atoms with E-state index in [1.54, 1.807) is 25.1 Å². The fraction of sp³-hybridized carbons (Fsp3) is 0.105. The number of alkyl halides is 3. The third-order valence-electron chi connectivity index (χ3n) is 3.85. The van der Waals surface area contributed by atoms with Crippen LogP contribution in [-0.2, 0) is 6.18 Å². The second-order valence-corrected chi connectivity index (χ2v) is 6.77. The zero-order valence-electron chi connectivity index (χ0n) is 14.5. The van der Waals surface area contributed by atoms with Gasteiger partial charge in [-0.25, -0.2) is 0 Å². The number of aryl methyl sites for hydroxylation is 1. The van der Waals surface area contributed by atoms with Crippen molar-refractivity contribution in [1.29, 1.82) is 0 Å². The second kappa shape index (κ2) is 7.81. The molecule has 0 fully saturated rings. The predicted octanol–water partition coefficient (Wildman–Crippen LogP) is 4.97. The zero-order chi connectivity index (χ0) is 20.3. The number of nitrogens with zero attached hydrogens (tertiary/aromatic N) is 1. The van der Waals surface area contributed by atoms with Crippen LogP contribution in [-0.4, -0.2) is 16.8 Å². The Balaban J connectivity index is 1.78. The number of nitrogens with one attached hydrogen (secondary N) is 2. The summed E-state index contributed by atoms with van der Waals surface area (Å²) in [6, 6.07) is 8.98. The first kappa shape index (κ1) is 19.6. The van der Waals surface area contributed by atoms with Gasteiger partial charge in [-0.1, -0.05) is 12.1 Å². The van der Waals surface area contributed by atoms with Crippen LogP contribution in [0.5, 0.6) is 0 Å². The van der Waals surface area contributed by atoms with Gasteiger partial charge in [0.15, 0.2) is 0 Å². The molecule has 5 nitrogen and oxygen atoms in total. The highest BCUT2D eigenvalue weighted by Crippen LogP contribution is 2.30. The molecule has 1 aromatic heterocycles. The molecule has 3 aromatic rings. The maximum atomic E-state index is 12.8. The molecule has 2 aromatic carbocycles. The number of aromatic nitrogens is 1. The van der Waals surface area contributed by atoms with Crippen molar-refractivity contribution in [2.75, 3.05) is 10.6 Å². The van der Waals surface area contributed by atoms with E-state index in [0.29, 0.717) is 16.3 Å². The lowest BCUT2D eigenvalue weighted by Crippen LogP contribution is -2.15. The molecular weight excluding hydrogens is 391 g/mol. The van der Waals surface area contributed by atoms with Crippen LogP contribution in [0.15, 0.2) is 54.2 Å². The van der Waals surface area contributed by atoms with Gasteiger partial charge in [0.1, 0.15) is 4.88 Å². The van der Waals surface area contributed by atoms with Crippen LogP contribution < -0.4 is 10.6 Å². The van der Waals surface area contributed by atoms with E-state index < -0.39 is 17.6 Å². The van der Waals surface area contributed by atoms with Gasteiger partial charge in [0, 0.05) is 16.9 Å². The summed E-state index contributed by atoms with van der Waals surface area (Å²) in [5, 5.41) is 5.27. The Morgan fingerprint density at radius 1 is 1.04 bits per heavy atom. The summed E-state index contributed by atoms with van der Waals surface area (Å²) in [5.74, 6) is -1.03. The number of benzene rings is 2. The first-order valence-electron chi connectivity index (χ1n) is 8.03. The summed E-state index contributed by atoms with van der Waals surface area (Å²) in [6.45, 7) is 1.78. The van der Waals surface area contributed by atoms with Gasteiger partial charge in [-0.3, -0.25) is 14.6 Å². The third kappa shape index (κ3) is 4.55. The van der Waals surface area contributed by atoms with Crippen LogP contribution >= 0.6 is 11.3 Å². The minimum atomic E-state index is -4.53. The van der Waals surface area contributed by atoms with Gasteiger partial charge < -0.3 is 10.6 Å². The predicted molar refractivity (Wildman–Crippen MR) is 101 cm³/mol. The van der Waals surface area contributed by atoms with Crippen LogP contribution in [0.25, 0.3) is 0 Å². The number of halogens is 3. The number of rotatable bonds is 4. The molecule has 0 aliphatic rings. The molecule has 28 heavy (non-hydrogen) atoms. The fourth-order valence-electron chi connectivity index (χ4n) is 2.39. The third-order valence-corrected chi connectivity index (χ3v) is 4.62. The highest BCUT2D eigenvalue weighted by Gasteiger charge is 2.30. The normalized spacial score (nSPS) is 11.1. The molecule has 0 aliphatic carbocycles. The molecule has 2 N–H and O–H groups in total. The molecule has 3 rings (SSSR count). The molecule has 0 aliphatic heterocycles. The van der Waals surface area contributed by atoms with Crippen molar-refractivity contribution in [2.24, 2.45) is 0 Å². The Labute approximate surface area is 162 Å². The number of amides is 2. The summed E-state index contributed by atoms with van der Waals surface area (Å²) in [5.41, 5.74) is 2.09. The molecule has 0 radical (unpaired) electrons. The van der Waals surface area contributed by atoms with E-state index in [1.165, 1.54) is 35.2 Å². The molecule has 1 heterocycles. The lowest BCUT2D eigenvalue weighted by molar-refractivity contribution is -0.137. The number of thiazole rings is 1. The smallest absolute Gasteiger partial charge is 0.322 e. The van der Waals surface area contributed by atoms with E-state index >= 15 is 0 Å². The molecule has 0 saturated carbocycles. The van der Waals surface area contributed by atoms with Crippen molar-refractivity contribution in [3.63, 3.8) is 0 Å². The van der Waals surface area contributed by atoms with Gasteiger partial charge in [-0.15, -0.1) is 11.3 Å². The Hall–Kier alpha value is -3.20. The highest BCUT2D eigenvalue weighted by atomic mass is 32.1. The van der Waals surface area contributed by atoms with Gasteiger partial charge >= 0.3 is 6.18 Å². The molecule has 0 unspecified atom stereocenters. The molecule has 0 saturated heterocycles. The Kier molecular flexibility index (Phi) is 5.46. The summed E-state index contributed by atoms with van der Waals surface area (Å²) >= 11 is 1.19. The van der Waals surface area contributed by atoms with Crippen LogP contribution in [0.1, 0.15) is 31.2 Å². The number of hydrogen-bond acceptors (Lipinski definition) is 4. The molecule has 144 valence electrons. The number of carbonyl (C=O) groups is 2. The standard InChI is InChI=1S/C19H14F3N3O2S/c1-11-5-6-14(8-15(11)25-18(27)16-9-23-10-28-16)24-17(26)12-3-2-4-13(7-12)19(20,21)22/h2-10H,1H3,(H,24,26)(H,25,27). The van der Waals surface area contributed by atoms with Gasteiger partial charge in [0.25, 0.3) is 11.8 Å². The molecule has 0 bridgehead atoms. The summed E-state index contributed by atoms with van der Waals surface area (Å²) in [4.78, 5) is 28.8. The monoisotopic (exact) mass is 405 g/mol. The fourth-order valence-corrected chi connectivity index (χ4v) is 2.90. The average molecular weight is 405 g/mol. The van der Waals surface area contributed by atoms with E-state index in [9.17, 15) is 22.8 Å². The molecule has 9 heteroatoms. The molecular formula is C19H14F3N3O2S. The lowest BCUT2D eigenvalue weighted by atomic mass is 10.1. The molecule has 2 amide bonds. The maximum Gasteiger partial charge on any atom is 0.416 e. The first-order chi connectivity index (χ1) is 13.2. The van der Waals surface area contributed by atoms with Crippen LogP contribution in [0.2, 0.25) is 0 Å². The molecule has 0 atom stereocenters. The van der Waals surface area contributed by atoms with E-state index in [2.05, 4.69) is 15.6 Å². The number of hydrogen-bond donors (Lipinski definition) is 2. The summed E-state index contributed by atoms with van der Waals surface area (Å²) in [6.07, 6.45) is -3.09. The Morgan fingerprint density at radius 3 is 2.50 bits per heavy atom. The van der Waals surface area contributed by atoms with Crippen LogP contribution in [0.4, 0.5) is 24.5 Å². The quantitative estimate of drug-likeness (QED) is 0.644. The summed E-state index contributed by atoms with van der Waals surface area (Å²) < 4.78 is 38.5. The minimum Gasteiger partial charge on any atom is -0.322 e. The summed E-state index contributed by atoms with van der Waals surface area (Å²) in [7, 11) is 0. The van der Waals surface area contributed by atoms with E-state index in [1.807, 2.05) is 0 Å². The van der Waals surface area contributed by atoms with Crippen LogP contribution in [0.3, 0.4) is 0 Å². The van der Waals surface area contributed by atoms with E-state index in [-0.39, 0.29) is 11.5 Å². The first-order valence-corrected chi connectivity index (χ1v) is 8.91. The van der Waals surface area contributed by atoms with E-state index in [4.69, 9.17) is 0 Å². The zero-order valence-corrected chi connectivity index (χ0v) is 15.3. The van der Waals surface area contributed by atoms with Crippen molar-refractivity contribution >= 4 is 34.5 Å². The minimum absolute atomic E-state index is 0.120. The maximum absolute atomic E-state index is 12.8. The van der Waals surface area contributed by atoms with Gasteiger partial charge in [-0.2, -0.15) is 13.2 Å². The second-order valence-electron chi connectivity index (χ2n) is 5.88. The highest BCUT2D eigenvalue weighted by molar-refractivity contribution is 7.11. The Morgan fingerprint density at radius 2 is 1.82 bits per heavy atom. The van der Waals surface area contributed by atoms with Crippen molar-refractivity contribution in [3.8, 4) is 0 Å². The largest absolute Gasteiger partial charge is 0.416 e. The van der Waals surface area contributed by atoms with E-state index in [0.717, 1.165) is 17.7 Å². The van der Waals surface area contributed by atoms with Crippen molar-refractivity contribution < 1.29 is 22.8 Å². The van der Waals surface area contributed by atoms with Gasteiger partial charge in [0.05, 0.1) is 17.3 Å². The number of carbonyl (C=O) groups excluding carboxylic acids is 2. The lowest BCUT2D eigenvalue weighted by Gasteiger charge is -2.12.